The molecule has 5 rings (SSSR count). The van der Waals surface area contributed by atoms with E-state index >= 15 is 0 Å². The summed E-state index contributed by atoms with van der Waals surface area (Å²) in [6.07, 6.45) is 0.660. The zero-order valence-corrected chi connectivity index (χ0v) is 16.2. The Morgan fingerprint density at radius 3 is 2.23 bits per heavy atom. The molecule has 1 saturated heterocycles. The van der Waals surface area contributed by atoms with Crippen molar-refractivity contribution in [1.29, 1.82) is 0 Å². The fraction of sp³-hybridized carbons (Fsp3) is 0.227. The summed E-state index contributed by atoms with van der Waals surface area (Å²) in [5.74, 6) is -2.45. The number of carbonyl (C=O) groups is 3. The fourth-order valence-electron chi connectivity index (χ4n) is 4.51. The number of hydrogen-bond acceptors (Lipinski definition) is 6. The molecule has 5 N–H and O–H groups in total. The third-order valence-corrected chi connectivity index (χ3v) is 5.98. The van der Waals surface area contributed by atoms with E-state index in [-0.39, 0.29) is 62.2 Å². The number of phenols is 2. The number of nitrogens with one attached hydrogen (secondary N) is 1. The maximum atomic E-state index is 13.4. The Labute approximate surface area is 170 Å². The molecule has 8 nitrogen and oxygen atoms in total. The van der Waals surface area contributed by atoms with Crippen LogP contribution >= 0.6 is 0 Å². The number of aromatic hydroxyl groups is 2. The van der Waals surface area contributed by atoms with Crippen LogP contribution in [0.5, 0.6) is 11.5 Å². The predicted octanol–water partition coefficient (Wildman–Crippen LogP) is 1.84. The van der Waals surface area contributed by atoms with Crippen LogP contribution in [0.25, 0.3) is 10.8 Å². The first-order chi connectivity index (χ1) is 14.3. The Morgan fingerprint density at radius 2 is 1.67 bits per heavy atom. The van der Waals surface area contributed by atoms with Gasteiger partial charge in [-0.05, 0) is 13.3 Å². The molecule has 2 aromatic carbocycles. The average molecular weight is 405 g/mol. The molecular formula is C22H19N3O5. The van der Waals surface area contributed by atoms with E-state index in [1.165, 1.54) is 0 Å². The Bertz CT molecular complexity index is 1290. The van der Waals surface area contributed by atoms with E-state index in [0.29, 0.717) is 25.2 Å². The van der Waals surface area contributed by atoms with Gasteiger partial charge in [0.05, 0.1) is 27.9 Å². The molecule has 152 valence electrons. The molecule has 1 fully saturated rings. The minimum absolute atomic E-state index is 0.0539. The molecule has 1 atom stereocenters. The van der Waals surface area contributed by atoms with Crippen molar-refractivity contribution in [2.45, 2.75) is 19.4 Å². The molecule has 0 unspecified atom stereocenters. The number of aromatic amines is 1. The number of amides is 1. The van der Waals surface area contributed by atoms with Gasteiger partial charge in [-0.2, -0.15) is 0 Å². The van der Waals surface area contributed by atoms with Gasteiger partial charge >= 0.3 is 0 Å². The van der Waals surface area contributed by atoms with Crippen molar-refractivity contribution in [3.05, 3.63) is 57.9 Å². The first-order valence-corrected chi connectivity index (χ1v) is 9.64. The maximum Gasteiger partial charge on any atom is 0.256 e. The lowest BCUT2D eigenvalue weighted by molar-refractivity contribution is 0.0785. The van der Waals surface area contributed by atoms with E-state index < -0.39 is 11.6 Å². The monoisotopic (exact) mass is 405 g/mol. The number of aryl methyl sites for hydroxylation is 1. The molecule has 0 saturated carbocycles. The number of carbonyl (C=O) groups excluding carboxylic acids is 3. The highest BCUT2D eigenvalue weighted by Crippen LogP contribution is 2.45. The second-order valence-corrected chi connectivity index (χ2v) is 7.83. The summed E-state index contributed by atoms with van der Waals surface area (Å²) in [6.45, 7) is 2.45. The molecule has 30 heavy (non-hydrogen) atoms. The minimum atomic E-state index is -0.672. The number of nitrogens with two attached hydrogens (primary N) is 1. The lowest BCUT2D eigenvalue weighted by Crippen LogP contribution is -2.33. The summed E-state index contributed by atoms with van der Waals surface area (Å²) in [4.78, 5) is 44.2. The highest BCUT2D eigenvalue weighted by Gasteiger charge is 2.42. The van der Waals surface area contributed by atoms with Gasteiger partial charge in [-0.25, -0.2) is 0 Å². The van der Waals surface area contributed by atoms with Gasteiger partial charge in [0.25, 0.3) is 5.91 Å². The van der Waals surface area contributed by atoms with E-state index in [1.807, 2.05) is 0 Å². The summed E-state index contributed by atoms with van der Waals surface area (Å²) < 4.78 is 0. The van der Waals surface area contributed by atoms with Crippen LogP contribution in [0.2, 0.25) is 0 Å². The smallest absolute Gasteiger partial charge is 0.256 e. The molecule has 1 aliphatic carbocycles. The van der Waals surface area contributed by atoms with Crippen LogP contribution in [-0.2, 0) is 0 Å². The van der Waals surface area contributed by atoms with Gasteiger partial charge in [-0.15, -0.1) is 0 Å². The van der Waals surface area contributed by atoms with Crippen LogP contribution < -0.4 is 5.73 Å². The maximum absolute atomic E-state index is 13.4. The van der Waals surface area contributed by atoms with Crippen molar-refractivity contribution in [2.75, 3.05) is 13.1 Å². The summed E-state index contributed by atoms with van der Waals surface area (Å²) in [5.41, 5.74) is 5.73. The molecular weight excluding hydrogens is 386 g/mol. The standard InChI is InChI=1S/C22H19N3O5/c1-9-13(22(30)25-7-6-10(23)8-25)14-17(24-9)21(29)16-15(20(14)28)18(26)11-4-2-3-5-12(11)19(16)27/h2-5,10,24,26-27H,6-8,23H2,1H3/t10-/m1/s1. The van der Waals surface area contributed by atoms with Gasteiger partial charge in [0.15, 0.2) is 0 Å². The van der Waals surface area contributed by atoms with Gasteiger partial charge in [0, 0.05) is 35.6 Å². The van der Waals surface area contributed by atoms with Crippen LogP contribution in [0, 0.1) is 6.92 Å². The van der Waals surface area contributed by atoms with E-state index in [9.17, 15) is 24.6 Å². The number of nitrogens with zero attached hydrogens (tertiary/aromatic N) is 1. The molecule has 2 aliphatic rings. The van der Waals surface area contributed by atoms with Gasteiger partial charge in [0.1, 0.15) is 11.5 Å². The number of likely N-dealkylation sites (tertiary alicyclic amines) is 1. The number of fused-ring (bicyclic) bond motifs is 3. The van der Waals surface area contributed by atoms with Crippen LogP contribution in [0.1, 0.15) is 54.4 Å². The van der Waals surface area contributed by atoms with Gasteiger partial charge < -0.3 is 25.8 Å². The van der Waals surface area contributed by atoms with E-state index in [1.54, 1.807) is 36.1 Å². The molecule has 2 heterocycles. The average Bonchev–Trinajstić information content (AvgIpc) is 3.32. The van der Waals surface area contributed by atoms with Gasteiger partial charge in [0.2, 0.25) is 11.6 Å². The lowest BCUT2D eigenvalue weighted by atomic mass is 9.83. The van der Waals surface area contributed by atoms with Crippen molar-refractivity contribution in [3.8, 4) is 11.5 Å². The number of hydrogen-bond donors (Lipinski definition) is 4. The molecule has 0 radical (unpaired) electrons. The molecule has 1 aliphatic heterocycles. The molecule has 0 spiro atoms. The Balaban J connectivity index is 1.75. The third-order valence-electron chi connectivity index (χ3n) is 5.98. The van der Waals surface area contributed by atoms with Crippen molar-refractivity contribution in [1.82, 2.24) is 9.88 Å². The van der Waals surface area contributed by atoms with Crippen LogP contribution in [-0.4, -0.2) is 56.7 Å². The second-order valence-electron chi connectivity index (χ2n) is 7.83. The van der Waals surface area contributed by atoms with Crippen molar-refractivity contribution >= 4 is 28.2 Å². The molecule has 0 bridgehead atoms. The Kier molecular flexibility index (Phi) is 3.78. The minimum Gasteiger partial charge on any atom is -0.506 e. The summed E-state index contributed by atoms with van der Waals surface area (Å²) in [5, 5.41) is 22.1. The van der Waals surface area contributed by atoms with Crippen LogP contribution in [0.15, 0.2) is 24.3 Å². The largest absolute Gasteiger partial charge is 0.506 e. The molecule has 3 aromatic rings. The van der Waals surface area contributed by atoms with Crippen molar-refractivity contribution in [2.24, 2.45) is 5.73 Å². The number of rotatable bonds is 1. The Morgan fingerprint density at radius 1 is 1.07 bits per heavy atom. The SMILES string of the molecule is Cc1[nH]c2c(c1C(=O)N1CC[C@@H](N)C1)C(=O)c1c(c(O)c3ccccc3c1O)C2=O. The van der Waals surface area contributed by atoms with E-state index in [0.717, 1.165) is 0 Å². The number of phenolic OH excluding ortho intramolecular Hbond substituents is 2. The Hall–Kier alpha value is -3.65. The first-order valence-electron chi connectivity index (χ1n) is 9.64. The third kappa shape index (κ3) is 2.28. The van der Waals surface area contributed by atoms with Crippen molar-refractivity contribution < 1.29 is 24.6 Å². The normalized spacial score (nSPS) is 18.1. The number of aromatic nitrogens is 1. The summed E-state index contributed by atoms with van der Waals surface area (Å²) in [7, 11) is 0. The zero-order chi connectivity index (χ0) is 21.3. The van der Waals surface area contributed by atoms with Gasteiger partial charge in [-0.1, -0.05) is 24.3 Å². The van der Waals surface area contributed by atoms with Gasteiger partial charge in [-0.3, -0.25) is 14.4 Å². The number of benzene rings is 2. The quantitative estimate of drug-likeness (QED) is 0.357. The topological polar surface area (TPSA) is 137 Å². The highest BCUT2D eigenvalue weighted by atomic mass is 16.3. The van der Waals surface area contributed by atoms with Crippen LogP contribution in [0.3, 0.4) is 0 Å². The summed E-state index contributed by atoms with van der Waals surface area (Å²) in [6, 6.07) is 6.29. The zero-order valence-electron chi connectivity index (χ0n) is 16.2. The van der Waals surface area contributed by atoms with E-state index in [4.69, 9.17) is 5.73 Å². The first kappa shape index (κ1) is 18.4. The summed E-state index contributed by atoms with van der Waals surface area (Å²) >= 11 is 0. The number of ketones is 2. The fourth-order valence-corrected chi connectivity index (χ4v) is 4.51. The highest BCUT2D eigenvalue weighted by molar-refractivity contribution is 6.34. The lowest BCUT2D eigenvalue weighted by Gasteiger charge is -2.21. The predicted molar refractivity (Wildman–Crippen MR) is 108 cm³/mol. The van der Waals surface area contributed by atoms with Crippen LogP contribution in [0.4, 0.5) is 0 Å². The molecule has 8 heteroatoms. The molecule has 1 aromatic heterocycles. The number of H-pyrrole nitrogens is 1. The van der Waals surface area contributed by atoms with E-state index in [2.05, 4.69) is 4.98 Å². The van der Waals surface area contributed by atoms with Crippen molar-refractivity contribution in [3.63, 3.8) is 0 Å². The second kappa shape index (κ2) is 6.17. The molecule has 1 amide bonds.